The molecular weight excluding hydrogens is 282 g/mol. The molecule has 5 heteroatoms. The number of hydrogen-bond acceptors (Lipinski definition) is 5. The van der Waals surface area contributed by atoms with Crippen LogP contribution in [0.15, 0.2) is 11.4 Å². The second-order valence-electron chi connectivity index (χ2n) is 5.95. The Morgan fingerprint density at radius 3 is 2.81 bits per heavy atom. The minimum absolute atomic E-state index is 0.311. The fourth-order valence-corrected chi connectivity index (χ4v) is 3.87. The van der Waals surface area contributed by atoms with Gasteiger partial charge in [-0.15, -0.1) is 11.3 Å². The third-order valence-electron chi connectivity index (χ3n) is 4.55. The van der Waals surface area contributed by atoms with Gasteiger partial charge in [-0.1, -0.05) is 6.92 Å². The first-order chi connectivity index (χ1) is 10.2. The van der Waals surface area contributed by atoms with Crippen molar-refractivity contribution in [1.82, 2.24) is 9.97 Å². The summed E-state index contributed by atoms with van der Waals surface area (Å²) in [5.41, 5.74) is -0.311. The van der Waals surface area contributed by atoms with Gasteiger partial charge < -0.3 is 10.1 Å². The summed E-state index contributed by atoms with van der Waals surface area (Å²) in [6, 6.07) is 2.09. The number of aromatic nitrogens is 2. The number of methoxy groups -OCH3 is 1. The highest BCUT2D eigenvalue weighted by atomic mass is 32.1. The number of anilines is 1. The van der Waals surface area contributed by atoms with Crippen LogP contribution in [0.1, 0.15) is 45.4 Å². The average molecular weight is 305 g/mol. The van der Waals surface area contributed by atoms with Crippen LogP contribution >= 0.6 is 11.3 Å². The lowest BCUT2D eigenvalue weighted by Gasteiger charge is -2.37. The van der Waals surface area contributed by atoms with Crippen molar-refractivity contribution in [2.45, 2.75) is 45.1 Å². The molecule has 0 spiro atoms. The van der Waals surface area contributed by atoms with Crippen LogP contribution in [-0.2, 0) is 10.3 Å². The Morgan fingerprint density at radius 1 is 1.38 bits per heavy atom. The monoisotopic (exact) mass is 305 g/mol. The summed E-state index contributed by atoms with van der Waals surface area (Å²) in [6.45, 7) is 5.26. The molecule has 2 heterocycles. The summed E-state index contributed by atoms with van der Waals surface area (Å²) in [6.07, 6.45) is 4.37. The maximum absolute atomic E-state index is 5.92. The van der Waals surface area contributed by atoms with Gasteiger partial charge >= 0.3 is 0 Å². The van der Waals surface area contributed by atoms with E-state index in [2.05, 4.69) is 30.6 Å². The lowest BCUT2D eigenvalue weighted by Crippen LogP contribution is -2.35. The largest absolute Gasteiger partial charge is 0.370 e. The molecule has 1 aliphatic rings. The molecule has 0 aromatic carbocycles. The van der Waals surface area contributed by atoms with Gasteiger partial charge in [0.25, 0.3) is 0 Å². The highest BCUT2D eigenvalue weighted by Crippen LogP contribution is 2.42. The summed E-state index contributed by atoms with van der Waals surface area (Å²) in [5, 5.41) is 6.55. The van der Waals surface area contributed by atoms with Gasteiger partial charge in [-0.3, -0.25) is 0 Å². The summed E-state index contributed by atoms with van der Waals surface area (Å²) in [4.78, 5) is 10.7. The minimum Gasteiger partial charge on any atom is -0.370 e. The van der Waals surface area contributed by atoms with E-state index in [0.717, 1.165) is 47.2 Å². The Labute approximate surface area is 129 Å². The van der Waals surface area contributed by atoms with E-state index < -0.39 is 0 Å². The van der Waals surface area contributed by atoms with Crippen LogP contribution in [0.5, 0.6) is 0 Å². The SMILES string of the molecule is CCNc1nc(C2(OC)CCC(C)CC2)nc2sccc12. The third-order valence-corrected chi connectivity index (χ3v) is 5.36. The molecule has 0 amide bonds. The van der Waals surface area contributed by atoms with Crippen LogP contribution in [0.4, 0.5) is 5.82 Å². The van der Waals surface area contributed by atoms with Crippen LogP contribution in [0.3, 0.4) is 0 Å². The molecule has 1 N–H and O–H groups in total. The Kier molecular flexibility index (Phi) is 4.13. The minimum atomic E-state index is -0.311. The van der Waals surface area contributed by atoms with E-state index >= 15 is 0 Å². The second kappa shape index (κ2) is 5.89. The molecule has 4 nitrogen and oxygen atoms in total. The van der Waals surface area contributed by atoms with Crippen LogP contribution in [0.2, 0.25) is 0 Å². The van der Waals surface area contributed by atoms with Gasteiger partial charge in [-0.25, -0.2) is 9.97 Å². The molecule has 0 bridgehead atoms. The predicted molar refractivity (Wildman–Crippen MR) is 87.9 cm³/mol. The Bertz CT molecular complexity index is 617. The smallest absolute Gasteiger partial charge is 0.164 e. The van der Waals surface area contributed by atoms with E-state index in [1.165, 1.54) is 12.8 Å². The van der Waals surface area contributed by atoms with Gasteiger partial charge in [0.15, 0.2) is 5.82 Å². The molecule has 3 rings (SSSR count). The molecule has 114 valence electrons. The lowest BCUT2D eigenvalue weighted by atomic mass is 9.79. The van der Waals surface area contributed by atoms with Crippen molar-refractivity contribution >= 4 is 27.4 Å². The highest BCUT2D eigenvalue weighted by molar-refractivity contribution is 7.16. The Balaban J connectivity index is 2.05. The fourth-order valence-electron chi connectivity index (χ4n) is 3.11. The zero-order valence-electron chi connectivity index (χ0n) is 13.0. The van der Waals surface area contributed by atoms with E-state index in [0.29, 0.717) is 0 Å². The Morgan fingerprint density at radius 2 is 2.14 bits per heavy atom. The van der Waals surface area contributed by atoms with Crippen molar-refractivity contribution in [3.63, 3.8) is 0 Å². The maximum atomic E-state index is 5.92. The van der Waals surface area contributed by atoms with Crippen LogP contribution < -0.4 is 5.32 Å². The van der Waals surface area contributed by atoms with E-state index in [1.54, 1.807) is 18.4 Å². The van der Waals surface area contributed by atoms with Gasteiger partial charge in [0, 0.05) is 13.7 Å². The van der Waals surface area contributed by atoms with Crippen molar-refractivity contribution in [1.29, 1.82) is 0 Å². The molecule has 0 saturated heterocycles. The summed E-state index contributed by atoms with van der Waals surface area (Å²) in [5.74, 6) is 2.56. The third kappa shape index (κ3) is 2.64. The standard InChI is InChI=1S/C16H23N3OS/c1-4-17-13-12-7-10-21-14(12)19-15(18-13)16(20-3)8-5-11(2)6-9-16/h7,10-11H,4-6,8-9H2,1-3H3,(H,17,18,19). The normalized spacial score (nSPS) is 26.1. The van der Waals surface area contributed by atoms with E-state index in [1.807, 2.05) is 0 Å². The molecule has 0 atom stereocenters. The molecule has 1 aliphatic carbocycles. The number of nitrogens with one attached hydrogen (secondary N) is 1. The zero-order valence-corrected chi connectivity index (χ0v) is 13.8. The topological polar surface area (TPSA) is 47.0 Å². The number of ether oxygens (including phenoxy) is 1. The van der Waals surface area contributed by atoms with Crippen molar-refractivity contribution in [3.8, 4) is 0 Å². The number of thiophene rings is 1. The Hall–Kier alpha value is -1.20. The maximum Gasteiger partial charge on any atom is 0.164 e. The van der Waals surface area contributed by atoms with E-state index in [4.69, 9.17) is 14.7 Å². The molecule has 0 unspecified atom stereocenters. The lowest BCUT2D eigenvalue weighted by molar-refractivity contribution is -0.0593. The van der Waals surface area contributed by atoms with E-state index in [9.17, 15) is 0 Å². The van der Waals surface area contributed by atoms with Crippen molar-refractivity contribution < 1.29 is 4.74 Å². The second-order valence-corrected chi connectivity index (χ2v) is 6.84. The molecule has 2 aromatic heterocycles. The quantitative estimate of drug-likeness (QED) is 0.920. The first-order valence-corrected chi connectivity index (χ1v) is 8.61. The number of rotatable bonds is 4. The molecular formula is C16H23N3OS. The fraction of sp³-hybridized carbons (Fsp3) is 0.625. The molecule has 1 fully saturated rings. The first-order valence-electron chi connectivity index (χ1n) is 7.73. The summed E-state index contributed by atoms with van der Waals surface area (Å²) >= 11 is 1.67. The van der Waals surface area contributed by atoms with Gasteiger partial charge in [-0.2, -0.15) is 0 Å². The average Bonchev–Trinajstić information content (AvgIpc) is 2.97. The van der Waals surface area contributed by atoms with E-state index in [-0.39, 0.29) is 5.60 Å². The van der Waals surface area contributed by atoms with Gasteiger partial charge in [0.1, 0.15) is 16.2 Å². The van der Waals surface area contributed by atoms with Crippen LogP contribution in [0.25, 0.3) is 10.2 Å². The van der Waals surface area contributed by atoms with Crippen LogP contribution in [0, 0.1) is 5.92 Å². The van der Waals surface area contributed by atoms with Crippen molar-refractivity contribution in [2.24, 2.45) is 5.92 Å². The van der Waals surface area contributed by atoms with Gasteiger partial charge in [0.2, 0.25) is 0 Å². The van der Waals surface area contributed by atoms with Crippen molar-refractivity contribution in [2.75, 3.05) is 19.0 Å². The molecule has 0 radical (unpaired) electrons. The van der Waals surface area contributed by atoms with Gasteiger partial charge in [0.05, 0.1) is 5.39 Å². The number of nitrogens with zero attached hydrogens (tertiary/aromatic N) is 2. The van der Waals surface area contributed by atoms with Crippen molar-refractivity contribution in [3.05, 3.63) is 17.3 Å². The number of hydrogen-bond donors (Lipinski definition) is 1. The summed E-state index contributed by atoms with van der Waals surface area (Å²) in [7, 11) is 1.80. The molecule has 2 aromatic rings. The van der Waals surface area contributed by atoms with Gasteiger partial charge in [-0.05, 0) is 50.0 Å². The molecule has 0 aliphatic heterocycles. The highest BCUT2D eigenvalue weighted by Gasteiger charge is 2.39. The summed E-state index contributed by atoms with van der Waals surface area (Å²) < 4.78 is 5.92. The predicted octanol–water partition coefficient (Wildman–Crippen LogP) is 4.17. The number of fused-ring (bicyclic) bond motifs is 1. The first kappa shape index (κ1) is 14.7. The molecule has 21 heavy (non-hydrogen) atoms. The molecule has 1 saturated carbocycles. The van der Waals surface area contributed by atoms with Crippen LogP contribution in [-0.4, -0.2) is 23.6 Å². The zero-order chi connectivity index (χ0) is 14.9.